The summed E-state index contributed by atoms with van der Waals surface area (Å²) in [6.45, 7) is 4.96. The predicted octanol–water partition coefficient (Wildman–Crippen LogP) is 2.65. The zero-order valence-corrected chi connectivity index (χ0v) is 16.5. The fraction of sp³-hybridized carbons (Fsp3) is 0.588. The maximum Gasteiger partial charge on any atom is 0.242 e. The molecule has 1 atom stereocenters. The normalized spacial score (nSPS) is 19.2. The van der Waals surface area contributed by atoms with Crippen LogP contribution in [0.2, 0.25) is 5.02 Å². The third-order valence-corrected chi connectivity index (χ3v) is 6.53. The smallest absolute Gasteiger partial charge is 0.242 e. The summed E-state index contributed by atoms with van der Waals surface area (Å²) in [6.07, 6.45) is 2.76. The van der Waals surface area contributed by atoms with Crippen LogP contribution in [0.25, 0.3) is 0 Å². The summed E-state index contributed by atoms with van der Waals surface area (Å²) in [6, 6.07) is 4.32. The molecule has 0 aromatic heterocycles. The van der Waals surface area contributed by atoms with E-state index in [0.717, 1.165) is 17.4 Å². The van der Waals surface area contributed by atoms with Crippen LogP contribution < -0.4 is 5.32 Å². The molecule has 0 aliphatic carbocycles. The topological polar surface area (TPSA) is 69.7 Å². The van der Waals surface area contributed by atoms with Crippen LogP contribution >= 0.6 is 11.6 Å². The molecule has 25 heavy (non-hydrogen) atoms. The maximum atomic E-state index is 12.2. The first-order chi connectivity index (χ1) is 11.7. The predicted molar refractivity (Wildman–Crippen MR) is 100 cm³/mol. The number of rotatable bonds is 6. The van der Waals surface area contributed by atoms with Gasteiger partial charge in [-0.05, 0) is 43.5 Å². The summed E-state index contributed by atoms with van der Waals surface area (Å²) < 4.78 is 25.5. The second-order valence-corrected chi connectivity index (χ2v) is 9.33. The number of nitrogens with one attached hydrogen (secondary N) is 1. The number of carbonyl (C=O) groups is 1. The first-order valence-corrected chi connectivity index (χ1v) is 10.3. The van der Waals surface area contributed by atoms with Gasteiger partial charge in [0.05, 0.1) is 15.6 Å². The molecule has 0 unspecified atom stereocenters. The van der Waals surface area contributed by atoms with Crippen molar-refractivity contribution in [1.29, 1.82) is 0 Å². The Balaban J connectivity index is 2.00. The molecule has 0 spiro atoms. The van der Waals surface area contributed by atoms with Crippen LogP contribution in [0.15, 0.2) is 23.1 Å². The molecular formula is C17H26ClN3O3S. The molecule has 1 N–H and O–H groups in total. The van der Waals surface area contributed by atoms with Crippen molar-refractivity contribution in [3.8, 4) is 0 Å². The minimum Gasteiger partial charge on any atom is -0.325 e. The van der Waals surface area contributed by atoms with Gasteiger partial charge < -0.3 is 10.2 Å². The van der Waals surface area contributed by atoms with Crippen LogP contribution in [0, 0.1) is 5.92 Å². The fourth-order valence-corrected chi connectivity index (χ4v) is 4.03. The highest BCUT2D eigenvalue weighted by atomic mass is 35.5. The quantitative estimate of drug-likeness (QED) is 0.814. The van der Waals surface area contributed by atoms with Crippen molar-refractivity contribution >= 4 is 33.2 Å². The van der Waals surface area contributed by atoms with Crippen molar-refractivity contribution in [1.82, 2.24) is 9.21 Å². The number of piperidine rings is 1. The molecule has 8 heteroatoms. The Morgan fingerprint density at radius 2 is 2.12 bits per heavy atom. The second kappa shape index (κ2) is 8.49. The van der Waals surface area contributed by atoms with Gasteiger partial charge in [0.15, 0.2) is 0 Å². The molecule has 1 aromatic carbocycles. The Labute approximate surface area is 155 Å². The fourth-order valence-electron chi connectivity index (χ4n) is 2.93. The van der Waals surface area contributed by atoms with Crippen LogP contribution in [-0.2, 0) is 14.8 Å². The standard InChI is InChI=1S/C17H26ClN3O3S/c1-13-5-4-9-21(12-13)10-8-17(22)19-16-11-14(6-7-15(16)18)25(23,24)20(2)3/h6-7,11,13H,4-5,8-10,12H2,1-3H3,(H,19,22)/t13-/m1/s1. The van der Waals surface area contributed by atoms with Gasteiger partial charge in [-0.2, -0.15) is 0 Å². The number of sulfonamides is 1. The molecule has 1 saturated heterocycles. The van der Waals surface area contributed by atoms with E-state index in [1.165, 1.54) is 45.1 Å². The van der Waals surface area contributed by atoms with E-state index >= 15 is 0 Å². The number of anilines is 1. The molecule has 140 valence electrons. The largest absolute Gasteiger partial charge is 0.325 e. The van der Waals surface area contributed by atoms with E-state index in [0.29, 0.717) is 29.6 Å². The number of amides is 1. The lowest BCUT2D eigenvalue weighted by molar-refractivity contribution is -0.116. The van der Waals surface area contributed by atoms with Gasteiger partial charge >= 0.3 is 0 Å². The number of nitrogens with zero attached hydrogens (tertiary/aromatic N) is 2. The Morgan fingerprint density at radius 3 is 2.76 bits per heavy atom. The third-order valence-electron chi connectivity index (χ3n) is 4.39. The summed E-state index contributed by atoms with van der Waals surface area (Å²) >= 11 is 6.10. The molecule has 1 aliphatic rings. The summed E-state index contributed by atoms with van der Waals surface area (Å²) in [5, 5.41) is 3.05. The molecule has 2 rings (SSSR count). The number of halogens is 1. The number of hydrogen-bond donors (Lipinski definition) is 1. The van der Waals surface area contributed by atoms with Crippen molar-refractivity contribution < 1.29 is 13.2 Å². The Bertz CT molecular complexity index is 722. The van der Waals surface area contributed by atoms with Gasteiger partial charge in [-0.25, -0.2) is 12.7 Å². The van der Waals surface area contributed by atoms with E-state index in [4.69, 9.17) is 11.6 Å². The van der Waals surface area contributed by atoms with E-state index in [1.54, 1.807) is 0 Å². The van der Waals surface area contributed by atoms with Crippen LogP contribution in [0.3, 0.4) is 0 Å². The lowest BCUT2D eigenvalue weighted by Gasteiger charge is -2.30. The highest BCUT2D eigenvalue weighted by molar-refractivity contribution is 7.89. The van der Waals surface area contributed by atoms with Crippen LogP contribution in [0.4, 0.5) is 5.69 Å². The zero-order valence-electron chi connectivity index (χ0n) is 15.0. The van der Waals surface area contributed by atoms with Gasteiger partial charge in [0, 0.05) is 33.6 Å². The van der Waals surface area contributed by atoms with E-state index in [1.807, 2.05) is 0 Å². The molecule has 0 radical (unpaired) electrons. The molecule has 1 aromatic rings. The first-order valence-electron chi connectivity index (χ1n) is 8.44. The van der Waals surface area contributed by atoms with Gasteiger partial charge in [0.2, 0.25) is 15.9 Å². The number of hydrogen-bond acceptors (Lipinski definition) is 4. The van der Waals surface area contributed by atoms with Crippen molar-refractivity contribution in [2.45, 2.75) is 31.1 Å². The van der Waals surface area contributed by atoms with Crippen LogP contribution in [-0.4, -0.2) is 57.3 Å². The minimum absolute atomic E-state index is 0.0991. The van der Waals surface area contributed by atoms with Gasteiger partial charge in [0.25, 0.3) is 0 Å². The maximum absolute atomic E-state index is 12.2. The summed E-state index contributed by atoms with van der Waals surface area (Å²) in [5.41, 5.74) is 0.321. The van der Waals surface area contributed by atoms with Crippen LogP contribution in [0.5, 0.6) is 0 Å². The van der Waals surface area contributed by atoms with Crippen molar-refractivity contribution in [2.75, 3.05) is 39.0 Å². The molecule has 1 fully saturated rings. The monoisotopic (exact) mass is 387 g/mol. The lowest BCUT2D eigenvalue weighted by Crippen LogP contribution is -2.36. The molecular weight excluding hydrogens is 362 g/mol. The Morgan fingerprint density at radius 1 is 1.40 bits per heavy atom. The van der Waals surface area contributed by atoms with Gasteiger partial charge in [0.1, 0.15) is 0 Å². The first kappa shape index (κ1) is 20.2. The van der Waals surface area contributed by atoms with Gasteiger partial charge in [-0.3, -0.25) is 4.79 Å². The molecule has 1 aliphatic heterocycles. The van der Waals surface area contributed by atoms with E-state index in [2.05, 4.69) is 17.1 Å². The van der Waals surface area contributed by atoms with E-state index in [-0.39, 0.29) is 10.8 Å². The molecule has 0 saturated carbocycles. The summed E-state index contributed by atoms with van der Waals surface area (Å²) in [4.78, 5) is 14.6. The molecule has 1 amide bonds. The van der Waals surface area contributed by atoms with Crippen molar-refractivity contribution in [3.63, 3.8) is 0 Å². The van der Waals surface area contributed by atoms with Gasteiger partial charge in [-0.1, -0.05) is 18.5 Å². The average Bonchev–Trinajstić information content (AvgIpc) is 2.55. The third kappa shape index (κ3) is 5.41. The zero-order chi connectivity index (χ0) is 18.6. The average molecular weight is 388 g/mol. The highest BCUT2D eigenvalue weighted by Crippen LogP contribution is 2.26. The van der Waals surface area contributed by atoms with Crippen LogP contribution in [0.1, 0.15) is 26.2 Å². The molecule has 6 nitrogen and oxygen atoms in total. The summed E-state index contributed by atoms with van der Waals surface area (Å²) in [5.74, 6) is 0.499. The van der Waals surface area contributed by atoms with Crippen molar-refractivity contribution in [3.05, 3.63) is 23.2 Å². The Hall–Kier alpha value is -1.15. The number of benzene rings is 1. The van der Waals surface area contributed by atoms with Crippen molar-refractivity contribution in [2.24, 2.45) is 5.92 Å². The van der Waals surface area contributed by atoms with Gasteiger partial charge in [-0.15, -0.1) is 0 Å². The Kier molecular flexibility index (Phi) is 6.85. The SMILES string of the molecule is C[C@@H]1CCCN(CCC(=O)Nc2cc(S(=O)(=O)N(C)C)ccc2Cl)C1. The second-order valence-electron chi connectivity index (χ2n) is 6.78. The van der Waals surface area contributed by atoms with E-state index < -0.39 is 10.0 Å². The van der Waals surface area contributed by atoms with E-state index in [9.17, 15) is 13.2 Å². The molecule has 0 bridgehead atoms. The lowest BCUT2D eigenvalue weighted by atomic mass is 10.0. The number of likely N-dealkylation sites (tertiary alicyclic amines) is 1. The summed E-state index contributed by atoms with van der Waals surface area (Å²) in [7, 11) is -0.652. The number of carbonyl (C=O) groups excluding carboxylic acids is 1. The highest BCUT2D eigenvalue weighted by Gasteiger charge is 2.20. The minimum atomic E-state index is -3.57. The molecule has 1 heterocycles.